The molecule has 1 rings (SSSR count). The zero-order chi connectivity index (χ0) is 15.9. The Morgan fingerprint density at radius 1 is 1.38 bits per heavy atom. The standard InChI is InChI=1S/C16H24FNO3/c1-12(2)18-16(3,15(19)20)10-6-7-11-21-14-9-5-4-8-13(14)17/h4-5,8-9,12,18H,6-7,10-11H2,1-3H3,(H,19,20). The average Bonchev–Trinajstić information content (AvgIpc) is 2.39. The van der Waals surface area contributed by atoms with Gasteiger partial charge >= 0.3 is 5.97 Å². The number of unbranched alkanes of at least 4 members (excludes halogenated alkanes) is 1. The van der Waals surface area contributed by atoms with E-state index in [1.165, 1.54) is 6.07 Å². The second-order valence-electron chi connectivity index (χ2n) is 5.67. The number of aliphatic carboxylic acids is 1. The molecular formula is C16H24FNO3. The first kappa shape index (κ1) is 17.4. The third kappa shape index (κ3) is 5.71. The van der Waals surface area contributed by atoms with Crippen molar-refractivity contribution in [3.63, 3.8) is 0 Å². The van der Waals surface area contributed by atoms with Crippen molar-refractivity contribution in [1.82, 2.24) is 5.32 Å². The highest BCUT2D eigenvalue weighted by atomic mass is 19.1. The van der Waals surface area contributed by atoms with Gasteiger partial charge in [-0.3, -0.25) is 10.1 Å². The summed E-state index contributed by atoms with van der Waals surface area (Å²) in [6.07, 6.45) is 1.87. The Morgan fingerprint density at radius 2 is 2.05 bits per heavy atom. The summed E-state index contributed by atoms with van der Waals surface area (Å²) in [6, 6.07) is 6.35. The van der Waals surface area contributed by atoms with E-state index in [0.29, 0.717) is 25.9 Å². The number of hydrogen-bond donors (Lipinski definition) is 2. The normalized spacial score (nSPS) is 14.0. The molecule has 1 atom stereocenters. The van der Waals surface area contributed by atoms with E-state index < -0.39 is 11.5 Å². The number of rotatable bonds is 9. The summed E-state index contributed by atoms with van der Waals surface area (Å²) in [4.78, 5) is 11.3. The topological polar surface area (TPSA) is 58.6 Å². The largest absolute Gasteiger partial charge is 0.491 e. The van der Waals surface area contributed by atoms with E-state index in [0.717, 1.165) is 0 Å². The van der Waals surface area contributed by atoms with Gasteiger partial charge in [-0.05, 0) is 52.2 Å². The molecule has 4 nitrogen and oxygen atoms in total. The number of benzene rings is 1. The lowest BCUT2D eigenvalue weighted by Gasteiger charge is -2.28. The van der Waals surface area contributed by atoms with Crippen LogP contribution in [0.3, 0.4) is 0 Å². The number of carboxylic acids is 1. The van der Waals surface area contributed by atoms with Gasteiger partial charge in [0.1, 0.15) is 5.54 Å². The number of halogens is 1. The summed E-state index contributed by atoms with van der Waals surface area (Å²) in [5.74, 6) is -1.00. The van der Waals surface area contributed by atoms with Crippen LogP contribution < -0.4 is 10.1 Å². The summed E-state index contributed by atoms with van der Waals surface area (Å²) in [7, 11) is 0. The van der Waals surface area contributed by atoms with Crippen molar-refractivity contribution in [2.45, 2.75) is 51.6 Å². The molecule has 0 fully saturated rings. The van der Waals surface area contributed by atoms with Gasteiger partial charge in [-0.15, -0.1) is 0 Å². The second-order valence-corrected chi connectivity index (χ2v) is 5.67. The SMILES string of the molecule is CC(C)NC(C)(CCCCOc1ccccc1F)C(=O)O. The summed E-state index contributed by atoms with van der Waals surface area (Å²) >= 11 is 0. The summed E-state index contributed by atoms with van der Waals surface area (Å²) in [6.45, 7) is 5.90. The van der Waals surface area contributed by atoms with Gasteiger partial charge < -0.3 is 9.84 Å². The van der Waals surface area contributed by atoms with Crippen molar-refractivity contribution in [3.05, 3.63) is 30.1 Å². The molecule has 0 spiro atoms. The average molecular weight is 297 g/mol. The molecule has 0 saturated carbocycles. The van der Waals surface area contributed by atoms with Crippen molar-refractivity contribution in [2.24, 2.45) is 0 Å². The Hall–Kier alpha value is -1.62. The summed E-state index contributed by atoms with van der Waals surface area (Å²) < 4.78 is 18.7. The zero-order valence-electron chi connectivity index (χ0n) is 12.9. The van der Waals surface area contributed by atoms with Crippen molar-refractivity contribution in [3.8, 4) is 5.75 Å². The maximum absolute atomic E-state index is 13.3. The molecule has 118 valence electrons. The van der Waals surface area contributed by atoms with E-state index in [4.69, 9.17) is 4.74 Å². The minimum Gasteiger partial charge on any atom is -0.491 e. The Morgan fingerprint density at radius 3 is 2.62 bits per heavy atom. The number of carbonyl (C=O) groups is 1. The minimum atomic E-state index is -0.938. The molecule has 0 heterocycles. The van der Waals surface area contributed by atoms with Crippen LogP contribution in [0, 0.1) is 5.82 Å². The molecule has 0 aromatic heterocycles. The lowest BCUT2D eigenvalue weighted by Crippen LogP contribution is -2.52. The number of para-hydroxylation sites is 1. The van der Waals surface area contributed by atoms with Crippen LogP contribution >= 0.6 is 0 Å². The molecule has 0 aliphatic carbocycles. The minimum absolute atomic E-state index is 0.0979. The fraction of sp³-hybridized carbons (Fsp3) is 0.562. The van der Waals surface area contributed by atoms with Crippen LogP contribution in [0.4, 0.5) is 4.39 Å². The Labute approximate surface area is 125 Å². The smallest absolute Gasteiger partial charge is 0.323 e. The molecule has 0 amide bonds. The van der Waals surface area contributed by atoms with Crippen LogP contribution in [-0.4, -0.2) is 29.3 Å². The third-order valence-corrected chi connectivity index (χ3v) is 3.24. The first-order valence-electron chi connectivity index (χ1n) is 7.23. The van der Waals surface area contributed by atoms with E-state index in [-0.39, 0.29) is 17.6 Å². The number of nitrogens with one attached hydrogen (secondary N) is 1. The van der Waals surface area contributed by atoms with Gasteiger partial charge in [0, 0.05) is 6.04 Å². The first-order valence-corrected chi connectivity index (χ1v) is 7.23. The van der Waals surface area contributed by atoms with Crippen LogP contribution in [0.25, 0.3) is 0 Å². The zero-order valence-corrected chi connectivity index (χ0v) is 12.9. The lowest BCUT2D eigenvalue weighted by atomic mass is 9.94. The molecule has 0 aliphatic heterocycles. The van der Waals surface area contributed by atoms with Crippen LogP contribution in [0.5, 0.6) is 5.75 Å². The van der Waals surface area contributed by atoms with Gasteiger partial charge in [0.05, 0.1) is 6.61 Å². The fourth-order valence-electron chi connectivity index (χ4n) is 2.20. The van der Waals surface area contributed by atoms with Gasteiger partial charge in [-0.2, -0.15) is 0 Å². The molecule has 1 unspecified atom stereocenters. The molecule has 0 radical (unpaired) electrons. The van der Waals surface area contributed by atoms with Gasteiger partial charge in [-0.25, -0.2) is 4.39 Å². The molecule has 1 aromatic carbocycles. The van der Waals surface area contributed by atoms with Crippen LogP contribution in [-0.2, 0) is 4.79 Å². The quantitative estimate of drug-likeness (QED) is 0.687. The van der Waals surface area contributed by atoms with Gasteiger partial charge in [0.15, 0.2) is 11.6 Å². The van der Waals surface area contributed by atoms with Crippen LogP contribution in [0.2, 0.25) is 0 Å². The van der Waals surface area contributed by atoms with Crippen molar-refractivity contribution >= 4 is 5.97 Å². The first-order chi connectivity index (χ1) is 9.85. The summed E-state index contributed by atoms with van der Waals surface area (Å²) in [5, 5.41) is 12.4. The highest BCUT2D eigenvalue weighted by molar-refractivity contribution is 5.78. The fourth-order valence-corrected chi connectivity index (χ4v) is 2.20. The van der Waals surface area contributed by atoms with E-state index in [9.17, 15) is 14.3 Å². The van der Waals surface area contributed by atoms with Crippen molar-refractivity contribution in [1.29, 1.82) is 0 Å². The Balaban J connectivity index is 2.35. The number of hydrogen-bond acceptors (Lipinski definition) is 3. The highest BCUT2D eigenvalue weighted by Gasteiger charge is 2.32. The van der Waals surface area contributed by atoms with E-state index >= 15 is 0 Å². The van der Waals surface area contributed by atoms with Crippen LogP contribution in [0.1, 0.15) is 40.0 Å². The van der Waals surface area contributed by atoms with Crippen molar-refractivity contribution in [2.75, 3.05) is 6.61 Å². The van der Waals surface area contributed by atoms with E-state index in [1.807, 2.05) is 13.8 Å². The highest BCUT2D eigenvalue weighted by Crippen LogP contribution is 2.18. The molecular weight excluding hydrogens is 273 g/mol. The molecule has 21 heavy (non-hydrogen) atoms. The van der Waals surface area contributed by atoms with Gasteiger partial charge in [-0.1, -0.05) is 12.1 Å². The maximum atomic E-state index is 13.3. The number of carboxylic acid groups (broad SMARTS) is 1. The summed E-state index contributed by atoms with van der Waals surface area (Å²) in [5.41, 5.74) is -0.938. The second kappa shape index (κ2) is 7.98. The maximum Gasteiger partial charge on any atom is 0.323 e. The monoisotopic (exact) mass is 297 g/mol. The van der Waals surface area contributed by atoms with Crippen LogP contribution in [0.15, 0.2) is 24.3 Å². The predicted octanol–water partition coefficient (Wildman–Crippen LogP) is 3.22. The molecule has 0 aliphatic rings. The molecule has 5 heteroatoms. The number of ether oxygens (including phenoxy) is 1. The third-order valence-electron chi connectivity index (χ3n) is 3.24. The lowest BCUT2D eigenvalue weighted by molar-refractivity contribution is -0.144. The predicted molar refractivity (Wildman–Crippen MR) is 80.1 cm³/mol. The molecule has 0 bridgehead atoms. The molecule has 2 N–H and O–H groups in total. The molecule has 0 saturated heterocycles. The van der Waals surface area contributed by atoms with Gasteiger partial charge in [0.2, 0.25) is 0 Å². The Kier molecular flexibility index (Phi) is 6.62. The van der Waals surface area contributed by atoms with E-state index in [2.05, 4.69) is 5.32 Å². The van der Waals surface area contributed by atoms with E-state index in [1.54, 1.807) is 25.1 Å². The Bertz CT molecular complexity index is 465. The molecule has 1 aromatic rings. The van der Waals surface area contributed by atoms with Crippen molar-refractivity contribution < 1.29 is 19.0 Å². The van der Waals surface area contributed by atoms with Gasteiger partial charge in [0.25, 0.3) is 0 Å².